The molecule has 0 radical (unpaired) electrons. The Hall–Kier alpha value is -0.770. The Morgan fingerprint density at radius 3 is 2.29 bits per heavy atom. The van der Waals surface area contributed by atoms with E-state index in [1.54, 1.807) is 20.9 Å². The summed E-state index contributed by atoms with van der Waals surface area (Å²) in [6.45, 7) is 5.25. The molecule has 0 spiro atoms. The molecule has 1 aromatic rings. The van der Waals surface area contributed by atoms with Gasteiger partial charge in [-0.1, -0.05) is 0 Å². The van der Waals surface area contributed by atoms with E-state index in [9.17, 15) is 8.42 Å². The Morgan fingerprint density at radius 2 is 1.81 bits per heavy atom. The lowest BCUT2D eigenvalue weighted by atomic mass is 10.2. The highest BCUT2D eigenvalue weighted by Crippen LogP contribution is 2.13. The monoisotopic (exact) mass is 428 g/mol. The van der Waals surface area contributed by atoms with Crippen molar-refractivity contribution >= 4 is 39.8 Å². The summed E-state index contributed by atoms with van der Waals surface area (Å²) in [5.74, 6) is 0.605. The minimum atomic E-state index is -3.11. The van der Waals surface area contributed by atoms with E-state index in [2.05, 4.69) is 20.2 Å². The lowest BCUT2D eigenvalue weighted by Crippen LogP contribution is -2.48. The number of nitrogens with zero attached hydrogens (tertiary/aromatic N) is 2. The first-order chi connectivity index (χ1) is 9.26. The second-order valence-corrected chi connectivity index (χ2v) is 7.95. The van der Waals surface area contributed by atoms with Crippen molar-refractivity contribution in [3.63, 3.8) is 0 Å². The molecule has 0 aliphatic heterocycles. The summed E-state index contributed by atoms with van der Waals surface area (Å²) in [5, 5.41) is 6.20. The van der Waals surface area contributed by atoms with Gasteiger partial charge in [-0.3, -0.25) is 4.99 Å². The second-order valence-electron chi connectivity index (χ2n) is 5.31. The summed E-state index contributed by atoms with van der Waals surface area (Å²) < 4.78 is 24.5. The average Bonchev–Trinajstić information content (AvgIpc) is 2.85. The van der Waals surface area contributed by atoms with Gasteiger partial charge in [0.25, 0.3) is 0 Å². The summed E-state index contributed by atoms with van der Waals surface area (Å²) in [5.41, 5.74) is 0. The molecule has 1 rings (SSSR count). The number of hydrogen-bond donors (Lipinski definition) is 2. The number of halogens is 1. The molecule has 0 amide bonds. The van der Waals surface area contributed by atoms with E-state index in [0.717, 1.165) is 6.54 Å². The van der Waals surface area contributed by atoms with Gasteiger partial charge in [-0.25, -0.2) is 8.42 Å². The molecule has 0 aliphatic rings. The highest BCUT2D eigenvalue weighted by Gasteiger charge is 2.30. The van der Waals surface area contributed by atoms with E-state index in [-0.39, 0.29) is 24.0 Å². The van der Waals surface area contributed by atoms with Gasteiger partial charge in [-0.05, 0) is 26.0 Å². The quantitative estimate of drug-likeness (QED) is 0.404. The Morgan fingerprint density at radius 1 is 1.24 bits per heavy atom. The molecule has 0 aliphatic carbocycles. The van der Waals surface area contributed by atoms with Gasteiger partial charge in [0.2, 0.25) is 0 Å². The summed E-state index contributed by atoms with van der Waals surface area (Å²) >= 11 is 0. The molecular formula is C13H25IN4O2S. The van der Waals surface area contributed by atoms with Gasteiger partial charge in [0.05, 0.1) is 4.75 Å². The standard InChI is InChI=1S/C13H24N4O2S.HI/c1-13(2,20(4,18)19)11-16-12(14-3)15-7-10-17-8-5-6-9-17;/h5-6,8-9H,7,10-11H2,1-4H3,(H2,14,15,16);1H. The maximum atomic E-state index is 11.6. The van der Waals surface area contributed by atoms with Crippen molar-refractivity contribution in [1.29, 1.82) is 0 Å². The van der Waals surface area contributed by atoms with Crippen molar-refractivity contribution in [2.24, 2.45) is 4.99 Å². The normalized spacial score (nSPS) is 12.7. The van der Waals surface area contributed by atoms with Gasteiger partial charge in [0.15, 0.2) is 15.8 Å². The van der Waals surface area contributed by atoms with Crippen LogP contribution >= 0.6 is 24.0 Å². The highest BCUT2D eigenvalue weighted by molar-refractivity contribution is 14.0. The van der Waals surface area contributed by atoms with Crippen LogP contribution < -0.4 is 10.6 Å². The van der Waals surface area contributed by atoms with Crippen LogP contribution in [0.4, 0.5) is 0 Å². The maximum Gasteiger partial charge on any atom is 0.191 e. The number of hydrogen-bond acceptors (Lipinski definition) is 3. The van der Waals surface area contributed by atoms with Crippen LogP contribution in [0.1, 0.15) is 13.8 Å². The van der Waals surface area contributed by atoms with Crippen LogP contribution in [0.5, 0.6) is 0 Å². The fraction of sp³-hybridized carbons (Fsp3) is 0.615. The number of sulfone groups is 1. The molecule has 6 nitrogen and oxygen atoms in total. The maximum absolute atomic E-state index is 11.6. The zero-order valence-electron chi connectivity index (χ0n) is 13.0. The minimum absolute atomic E-state index is 0. The number of nitrogens with one attached hydrogen (secondary N) is 2. The molecule has 2 N–H and O–H groups in total. The molecule has 0 bridgehead atoms. The molecule has 0 unspecified atom stereocenters. The minimum Gasteiger partial charge on any atom is -0.355 e. The third-order valence-electron chi connectivity index (χ3n) is 3.24. The summed E-state index contributed by atoms with van der Waals surface area (Å²) in [4.78, 5) is 4.08. The predicted molar refractivity (Wildman–Crippen MR) is 98.1 cm³/mol. The van der Waals surface area contributed by atoms with E-state index in [0.29, 0.717) is 19.0 Å². The Kier molecular flexibility index (Phi) is 8.30. The third kappa shape index (κ3) is 6.68. The Labute approximate surface area is 144 Å². The summed E-state index contributed by atoms with van der Waals surface area (Å²) in [7, 11) is -1.45. The molecule has 0 saturated heterocycles. The SMILES string of the molecule is CN=C(NCCn1cccc1)NCC(C)(C)S(C)(=O)=O.I. The van der Waals surface area contributed by atoms with Crippen LogP contribution in [-0.2, 0) is 16.4 Å². The average molecular weight is 428 g/mol. The van der Waals surface area contributed by atoms with Crippen LogP contribution in [0, 0.1) is 0 Å². The Bertz CT molecular complexity index is 539. The first kappa shape index (κ1) is 20.2. The molecule has 0 aromatic carbocycles. The van der Waals surface area contributed by atoms with E-state index < -0.39 is 14.6 Å². The van der Waals surface area contributed by atoms with Crippen LogP contribution in [0.15, 0.2) is 29.5 Å². The van der Waals surface area contributed by atoms with E-state index in [1.165, 1.54) is 6.26 Å². The van der Waals surface area contributed by atoms with E-state index >= 15 is 0 Å². The first-order valence-electron chi connectivity index (χ1n) is 6.51. The lowest BCUT2D eigenvalue weighted by Gasteiger charge is -2.24. The second kappa shape index (κ2) is 8.62. The molecule has 8 heteroatoms. The van der Waals surface area contributed by atoms with Crippen molar-refractivity contribution in [1.82, 2.24) is 15.2 Å². The third-order valence-corrected chi connectivity index (χ3v) is 5.39. The zero-order valence-corrected chi connectivity index (χ0v) is 16.1. The first-order valence-corrected chi connectivity index (χ1v) is 8.40. The van der Waals surface area contributed by atoms with Crippen molar-refractivity contribution in [2.75, 3.05) is 26.4 Å². The number of aliphatic imine (C=N–C) groups is 1. The molecule has 0 atom stereocenters. The zero-order chi connectivity index (χ0) is 15.2. The van der Waals surface area contributed by atoms with Crippen LogP contribution in [0.3, 0.4) is 0 Å². The molecule has 0 saturated carbocycles. The largest absolute Gasteiger partial charge is 0.355 e. The summed E-state index contributed by atoms with van der Waals surface area (Å²) in [6.07, 6.45) is 5.23. The van der Waals surface area contributed by atoms with E-state index in [1.807, 2.05) is 24.5 Å². The van der Waals surface area contributed by atoms with Crippen molar-refractivity contribution in [3.8, 4) is 0 Å². The lowest BCUT2D eigenvalue weighted by molar-refractivity contribution is 0.543. The van der Waals surface area contributed by atoms with Crippen molar-refractivity contribution in [2.45, 2.75) is 25.1 Å². The van der Waals surface area contributed by atoms with Gasteiger partial charge in [0, 0.05) is 45.3 Å². The molecule has 0 fully saturated rings. The van der Waals surface area contributed by atoms with Crippen molar-refractivity contribution in [3.05, 3.63) is 24.5 Å². The molecule has 122 valence electrons. The van der Waals surface area contributed by atoms with Gasteiger partial charge in [-0.2, -0.15) is 0 Å². The molecule has 1 aromatic heterocycles. The number of aromatic nitrogens is 1. The number of rotatable bonds is 6. The highest BCUT2D eigenvalue weighted by atomic mass is 127. The van der Waals surface area contributed by atoms with Crippen LogP contribution in [-0.4, -0.2) is 50.1 Å². The molecule has 21 heavy (non-hydrogen) atoms. The van der Waals surface area contributed by atoms with Gasteiger partial charge >= 0.3 is 0 Å². The van der Waals surface area contributed by atoms with Crippen LogP contribution in [0.2, 0.25) is 0 Å². The van der Waals surface area contributed by atoms with Gasteiger partial charge in [0.1, 0.15) is 0 Å². The predicted octanol–water partition coefficient (Wildman–Crippen LogP) is 1.09. The summed E-state index contributed by atoms with van der Waals surface area (Å²) in [6, 6.07) is 3.95. The fourth-order valence-electron chi connectivity index (χ4n) is 1.47. The van der Waals surface area contributed by atoms with Gasteiger partial charge in [-0.15, -0.1) is 24.0 Å². The smallest absolute Gasteiger partial charge is 0.191 e. The number of guanidine groups is 1. The topological polar surface area (TPSA) is 75.5 Å². The Balaban J connectivity index is 0.00000400. The van der Waals surface area contributed by atoms with E-state index in [4.69, 9.17) is 0 Å². The molecule has 1 heterocycles. The van der Waals surface area contributed by atoms with Crippen LogP contribution in [0.25, 0.3) is 0 Å². The molecular weight excluding hydrogens is 403 g/mol. The fourth-order valence-corrected chi connectivity index (χ4v) is 1.81. The van der Waals surface area contributed by atoms with Crippen molar-refractivity contribution < 1.29 is 8.42 Å². The van der Waals surface area contributed by atoms with Gasteiger partial charge < -0.3 is 15.2 Å².